The van der Waals surface area contributed by atoms with Crippen molar-refractivity contribution in [2.24, 2.45) is 0 Å². The van der Waals surface area contributed by atoms with Gasteiger partial charge in [0.15, 0.2) is 0 Å². The lowest BCUT2D eigenvalue weighted by Crippen LogP contribution is -2.45. The highest BCUT2D eigenvalue weighted by Crippen LogP contribution is 2.40. The Balaban J connectivity index is 1.56. The van der Waals surface area contributed by atoms with Crippen molar-refractivity contribution in [2.45, 2.75) is 37.8 Å². The van der Waals surface area contributed by atoms with E-state index in [1.165, 1.54) is 31.4 Å². The van der Waals surface area contributed by atoms with Crippen LogP contribution in [-0.2, 0) is 13.0 Å². The maximum atomic E-state index is 2.70. The summed E-state index contributed by atoms with van der Waals surface area (Å²) in [5, 5.41) is 0. The van der Waals surface area contributed by atoms with Crippen LogP contribution in [0, 0.1) is 0 Å². The Labute approximate surface area is 121 Å². The van der Waals surface area contributed by atoms with Crippen molar-refractivity contribution >= 4 is 0 Å². The summed E-state index contributed by atoms with van der Waals surface area (Å²) in [4.78, 5) is 2.70. The smallest absolute Gasteiger partial charge is 0.0236 e. The molecule has 1 saturated heterocycles. The molecule has 2 aliphatic rings. The van der Waals surface area contributed by atoms with Gasteiger partial charge in [0, 0.05) is 12.6 Å². The fourth-order valence-corrected chi connectivity index (χ4v) is 3.99. The third-order valence-corrected chi connectivity index (χ3v) is 5.02. The summed E-state index contributed by atoms with van der Waals surface area (Å²) in [7, 11) is 0. The van der Waals surface area contributed by atoms with Gasteiger partial charge in [-0.15, -0.1) is 0 Å². The van der Waals surface area contributed by atoms with Gasteiger partial charge in [0.2, 0.25) is 0 Å². The van der Waals surface area contributed by atoms with Crippen LogP contribution in [0.5, 0.6) is 0 Å². The summed E-state index contributed by atoms with van der Waals surface area (Å²) < 4.78 is 0. The highest BCUT2D eigenvalue weighted by molar-refractivity contribution is 5.35. The lowest BCUT2D eigenvalue weighted by molar-refractivity contribution is 0.117. The Morgan fingerprint density at radius 3 is 2.65 bits per heavy atom. The van der Waals surface area contributed by atoms with Crippen LogP contribution in [0.3, 0.4) is 0 Å². The van der Waals surface area contributed by atoms with Crippen molar-refractivity contribution in [3.05, 3.63) is 71.3 Å². The first kappa shape index (κ1) is 12.2. The molecule has 1 aliphatic carbocycles. The van der Waals surface area contributed by atoms with Crippen LogP contribution >= 0.6 is 0 Å². The zero-order chi connectivity index (χ0) is 13.4. The Bertz CT molecular complexity index is 590. The standard InChI is InChI=1S/C19H21N/c1-2-6-15(7-3-1)14-20-11-10-17-13-18(20)12-16-8-4-5-9-19(16)17/h1-9,17-18H,10-14H2. The molecule has 2 atom stereocenters. The topological polar surface area (TPSA) is 3.24 Å². The molecule has 1 aliphatic heterocycles. The maximum absolute atomic E-state index is 2.70. The summed E-state index contributed by atoms with van der Waals surface area (Å²) in [5.74, 6) is 0.803. The molecule has 1 heteroatoms. The second-order valence-electron chi connectivity index (χ2n) is 6.23. The van der Waals surface area contributed by atoms with Gasteiger partial charge in [0.1, 0.15) is 0 Å². The number of rotatable bonds is 2. The molecular formula is C19H21N. The normalized spacial score (nSPS) is 25.2. The molecule has 4 rings (SSSR count). The van der Waals surface area contributed by atoms with E-state index in [1.807, 2.05) is 0 Å². The lowest BCUT2D eigenvalue weighted by atomic mass is 9.75. The summed E-state index contributed by atoms with van der Waals surface area (Å²) in [5.41, 5.74) is 4.67. The van der Waals surface area contributed by atoms with Crippen LogP contribution in [0.2, 0.25) is 0 Å². The number of benzene rings is 2. The summed E-state index contributed by atoms with van der Waals surface area (Å²) in [6.45, 7) is 2.36. The molecule has 0 spiro atoms. The first-order valence-corrected chi connectivity index (χ1v) is 7.76. The number of hydrogen-bond donors (Lipinski definition) is 0. The molecule has 0 aromatic heterocycles. The van der Waals surface area contributed by atoms with E-state index in [1.54, 1.807) is 11.1 Å². The molecule has 1 heterocycles. The highest BCUT2D eigenvalue weighted by atomic mass is 15.2. The third-order valence-electron chi connectivity index (χ3n) is 5.02. The number of fused-ring (bicyclic) bond motifs is 4. The predicted molar refractivity (Wildman–Crippen MR) is 82.8 cm³/mol. The second kappa shape index (κ2) is 5.06. The molecule has 2 aromatic carbocycles. The van der Waals surface area contributed by atoms with E-state index in [9.17, 15) is 0 Å². The largest absolute Gasteiger partial charge is 0.296 e. The van der Waals surface area contributed by atoms with Gasteiger partial charge in [-0.25, -0.2) is 0 Å². The van der Waals surface area contributed by atoms with Crippen LogP contribution in [0.15, 0.2) is 54.6 Å². The van der Waals surface area contributed by atoms with E-state index in [4.69, 9.17) is 0 Å². The molecular weight excluding hydrogens is 242 g/mol. The zero-order valence-electron chi connectivity index (χ0n) is 11.8. The minimum atomic E-state index is 0.740. The molecule has 0 radical (unpaired) electrons. The molecule has 1 fully saturated rings. The van der Waals surface area contributed by atoms with Crippen LogP contribution in [-0.4, -0.2) is 17.5 Å². The first-order chi connectivity index (χ1) is 9.90. The van der Waals surface area contributed by atoms with Gasteiger partial charge in [-0.05, 0) is 48.4 Å². The van der Waals surface area contributed by atoms with E-state index < -0.39 is 0 Å². The van der Waals surface area contributed by atoms with Gasteiger partial charge >= 0.3 is 0 Å². The van der Waals surface area contributed by atoms with Crippen molar-refractivity contribution in [1.29, 1.82) is 0 Å². The van der Waals surface area contributed by atoms with Gasteiger partial charge in [-0.2, -0.15) is 0 Å². The van der Waals surface area contributed by atoms with Gasteiger partial charge in [-0.3, -0.25) is 4.90 Å². The van der Waals surface area contributed by atoms with Crippen molar-refractivity contribution < 1.29 is 0 Å². The lowest BCUT2D eigenvalue weighted by Gasteiger charge is -2.44. The minimum absolute atomic E-state index is 0.740. The van der Waals surface area contributed by atoms with Gasteiger partial charge in [0.25, 0.3) is 0 Å². The summed E-state index contributed by atoms with van der Waals surface area (Å²) in [6.07, 6.45) is 3.91. The van der Waals surface area contributed by atoms with E-state index in [-0.39, 0.29) is 0 Å². The molecule has 1 nitrogen and oxygen atoms in total. The van der Waals surface area contributed by atoms with E-state index >= 15 is 0 Å². The number of nitrogens with zero attached hydrogens (tertiary/aromatic N) is 1. The van der Waals surface area contributed by atoms with Gasteiger partial charge < -0.3 is 0 Å². The van der Waals surface area contributed by atoms with Crippen LogP contribution in [0.1, 0.15) is 35.4 Å². The predicted octanol–water partition coefficient (Wildman–Crippen LogP) is 3.99. The van der Waals surface area contributed by atoms with Crippen molar-refractivity contribution in [1.82, 2.24) is 4.90 Å². The second-order valence-corrected chi connectivity index (χ2v) is 6.23. The molecule has 0 N–H and O–H groups in total. The number of piperidine rings is 1. The molecule has 2 aromatic rings. The fraction of sp³-hybridized carbons (Fsp3) is 0.368. The quantitative estimate of drug-likeness (QED) is 0.792. The van der Waals surface area contributed by atoms with Crippen LogP contribution in [0.4, 0.5) is 0 Å². The average molecular weight is 263 g/mol. The maximum Gasteiger partial charge on any atom is 0.0236 e. The molecule has 102 valence electrons. The van der Waals surface area contributed by atoms with Gasteiger partial charge in [0.05, 0.1) is 0 Å². The highest BCUT2D eigenvalue weighted by Gasteiger charge is 2.34. The Morgan fingerprint density at radius 2 is 1.75 bits per heavy atom. The van der Waals surface area contributed by atoms with Crippen LogP contribution in [0.25, 0.3) is 0 Å². The Kier molecular flexibility index (Phi) is 3.08. The molecule has 0 saturated carbocycles. The van der Waals surface area contributed by atoms with E-state index in [2.05, 4.69) is 59.5 Å². The average Bonchev–Trinajstić information content (AvgIpc) is 2.51. The van der Waals surface area contributed by atoms with Crippen molar-refractivity contribution in [3.8, 4) is 0 Å². The Morgan fingerprint density at radius 1 is 0.950 bits per heavy atom. The fourth-order valence-electron chi connectivity index (χ4n) is 3.99. The SMILES string of the molecule is c1ccc(CN2CCC3CC2Cc2ccccc23)cc1. The van der Waals surface area contributed by atoms with E-state index in [0.717, 1.165) is 18.5 Å². The zero-order valence-corrected chi connectivity index (χ0v) is 11.8. The molecule has 2 bridgehead atoms. The third kappa shape index (κ3) is 2.16. The first-order valence-electron chi connectivity index (χ1n) is 7.76. The minimum Gasteiger partial charge on any atom is -0.296 e. The molecule has 20 heavy (non-hydrogen) atoms. The monoisotopic (exact) mass is 263 g/mol. The van der Waals surface area contributed by atoms with Crippen LogP contribution < -0.4 is 0 Å². The van der Waals surface area contributed by atoms with E-state index in [0.29, 0.717) is 0 Å². The molecule has 2 unspecified atom stereocenters. The van der Waals surface area contributed by atoms with Crippen molar-refractivity contribution in [2.75, 3.05) is 6.54 Å². The molecule has 0 amide bonds. The summed E-state index contributed by atoms with van der Waals surface area (Å²) >= 11 is 0. The van der Waals surface area contributed by atoms with Crippen molar-refractivity contribution in [3.63, 3.8) is 0 Å². The Hall–Kier alpha value is -1.60. The summed E-state index contributed by atoms with van der Waals surface area (Å²) in [6, 6.07) is 20.7. The number of hydrogen-bond acceptors (Lipinski definition) is 1. The number of likely N-dealkylation sites (tertiary alicyclic amines) is 1. The van der Waals surface area contributed by atoms with Gasteiger partial charge in [-0.1, -0.05) is 54.6 Å².